The summed E-state index contributed by atoms with van der Waals surface area (Å²) in [6.45, 7) is 1.17. The first kappa shape index (κ1) is 12.6. The standard InChI is InChI=1S/C14H16N2O2S/c17-10-7-8-16(9-10)14(18)6-5-13-15-11-3-1-2-4-12(11)19-13/h1-4,10,17H,5-9H2/t10-/m1/s1. The predicted octanol–water partition coefficient (Wildman–Crippen LogP) is 1.82. The van der Waals surface area contributed by atoms with Crippen molar-refractivity contribution in [2.45, 2.75) is 25.4 Å². The average molecular weight is 276 g/mol. The van der Waals surface area contributed by atoms with Gasteiger partial charge in [-0.05, 0) is 18.6 Å². The molecule has 1 aromatic heterocycles. The fourth-order valence-corrected chi connectivity index (χ4v) is 3.33. The number of benzene rings is 1. The molecule has 19 heavy (non-hydrogen) atoms. The summed E-state index contributed by atoms with van der Waals surface area (Å²) in [5.41, 5.74) is 1.01. The van der Waals surface area contributed by atoms with Gasteiger partial charge in [0.05, 0.1) is 21.3 Å². The molecule has 0 radical (unpaired) electrons. The van der Waals surface area contributed by atoms with Crippen LogP contribution < -0.4 is 0 Å². The van der Waals surface area contributed by atoms with Gasteiger partial charge in [0, 0.05) is 25.9 Å². The van der Waals surface area contributed by atoms with E-state index in [-0.39, 0.29) is 12.0 Å². The molecular weight excluding hydrogens is 260 g/mol. The number of likely N-dealkylation sites (tertiary alicyclic amines) is 1. The Labute approximate surface area is 115 Å². The van der Waals surface area contributed by atoms with Gasteiger partial charge in [-0.25, -0.2) is 4.98 Å². The van der Waals surface area contributed by atoms with Gasteiger partial charge in [-0.1, -0.05) is 12.1 Å². The first-order chi connectivity index (χ1) is 9.22. The van der Waals surface area contributed by atoms with Crippen LogP contribution in [0.5, 0.6) is 0 Å². The van der Waals surface area contributed by atoms with Crippen molar-refractivity contribution < 1.29 is 9.90 Å². The number of hydrogen-bond acceptors (Lipinski definition) is 4. The molecule has 0 spiro atoms. The summed E-state index contributed by atoms with van der Waals surface area (Å²) in [7, 11) is 0. The van der Waals surface area contributed by atoms with Gasteiger partial charge >= 0.3 is 0 Å². The monoisotopic (exact) mass is 276 g/mol. The molecule has 1 aliphatic rings. The van der Waals surface area contributed by atoms with Crippen LogP contribution in [0.3, 0.4) is 0 Å². The van der Waals surface area contributed by atoms with Gasteiger partial charge in [-0.3, -0.25) is 4.79 Å². The number of nitrogens with zero attached hydrogens (tertiary/aromatic N) is 2. The van der Waals surface area contributed by atoms with Gasteiger partial charge in [0.1, 0.15) is 0 Å². The lowest BCUT2D eigenvalue weighted by Gasteiger charge is -2.14. The van der Waals surface area contributed by atoms with Crippen LogP contribution in [0.15, 0.2) is 24.3 Å². The second kappa shape index (κ2) is 5.27. The van der Waals surface area contributed by atoms with Crippen LogP contribution in [0.4, 0.5) is 0 Å². The van der Waals surface area contributed by atoms with Crippen LogP contribution in [-0.4, -0.2) is 40.1 Å². The van der Waals surface area contributed by atoms with E-state index in [1.165, 1.54) is 4.70 Å². The predicted molar refractivity (Wildman–Crippen MR) is 75.1 cm³/mol. The summed E-state index contributed by atoms with van der Waals surface area (Å²) in [5.74, 6) is 0.121. The number of carbonyl (C=O) groups is 1. The molecule has 1 N–H and O–H groups in total. The van der Waals surface area contributed by atoms with Crippen LogP contribution in [0.25, 0.3) is 10.2 Å². The number of aliphatic hydroxyl groups excluding tert-OH is 1. The van der Waals surface area contributed by atoms with Gasteiger partial charge in [-0.15, -0.1) is 11.3 Å². The maximum absolute atomic E-state index is 12.0. The van der Waals surface area contributed by atoms with Crippen molar-refractivity contribution in [3.63, 3.8) is 0 Å². The van der Waals surface area contributed by atoms with E-state index in [0.29, 0.717) is 32.4 Å². The summed E-state index contributed by atoms with van der Waals surface area (Å²) < 4.78 is 1.17. The first-order valence-corrected chi connectivity index (χ1v) is 7.34. The van der Waals surface area contributed by atoms with Crippen molar-refractivity contribution in [1.82, 2.24) is 9.88 Å². The Kier molecular flexibility index (Phi) is 3.48. The fraction of sp³-hybridized carbons (Fsp3) is 0.429. The largest absolute Gasteiger partial charge is 0.391 e. The molecule has 3 rings (SSSR count). The lowest BCUT2D eigenvalue weighted by atomic mass is 10.3. The SMILES string of the molecule is O=C(CCc1nc2ccccc2s1)N1CC[C@@H](O)C1. The van der Waals surface area contributed by atoms with E-state index in [2.05, 4.69) is 11.1 Å². The lowest BCUT2D eigenvalue weighted by molar-refractivity contribution is -0.130. The summed E-state index contributed by atoms with van der Waals surface area (Å²) in [4.78, 5) is 18.2. The lowest BCUT2D eigenvalue weighted by Crippen LogP contribution is -2.29. The summed E-state index contributed by atoms with van der Waals surface area (Å²) in [6.07, 6.45) is 1.52. The van der Waals surface area contributed by atoms with Crippen LogP contribution in [0.2, 0.25) is 0 Å². The second-order valence-electron chi connectivity index (χ2n) is 4.86. The number of aryl methyl sites for hydroxylation is 1. The molecule has 0 bridgehead atoms. The number of hydrogen-bond donors (Lipinski definition) is 1. The molecule has 1 fully saturated rings. The highest BCUT2D eigenvalue weighted by Gasteiger charge is 2.24. The van der Waals surface area contributed by atoms with Crippen molar-refractivity contribution >= 4 is 27.5 Å². The van der Waals surface area contributed by atoms with Gasteiger partial charge in [0.15, 0.2) is 0 Å². The quantitative estimate of drug-likeness (QED) is 0.930. The minimum absolute atomic E-state index is 0.121. The molecule has 100 valence electrons. The first-order valence-electron chi connectivity index (χ1n) is 6.52. The van der Waals surface area contributed by atoms with Crippen LogP contribution in [0, 0.1) is 0 Å². The number of β-amino-alcohol motifs (C(OH)–C–C–N with tert-alkyl or cyclic N) is 1. The van der Waals surface area contributed by atoms with Gasteiger partial charge < -0.3 is 10.0 Å². The van der Waals surface area contributed by atoms with Gasteiger partial charge in [0.25, 0.3) is 0 Å². The zero-order chi connectivity index (χ0) is 13.2. The molecule has 5 heteroatoms. The summed E-state index contributed by atoms with van der Waals surface area (Å²) in [5, 5.41) is 10.4. The third kappa shape index (κ3) is 2.77. The van der Waals surface area contributed by atoms with Gasteiger partial charge in [0.2, 0.25) is 5.91 Å². The molecule has 1 amide bonds. The third-order valence-corrected chi connectivity index (χ3v) is 4.50. The van der Waals surface area contributed by atoms with E-state index in [1.54, 1.807) is 16.2 Å². The Balaban J connectivity index is 1.61. The fourth-order valence-electron chi connectivity index (χ4n) is 2.37. The maximum Gasteiger partial charge on any atom is 0.223 e. The highest BCUT2D eigenvalue weighted by Crippen LogP contribution is 2.22. The number of amides is 1. The molecule has 0 saturated carbocycles. The van der Waals surface area contributed by atoms with Crippen molar-refractivity contribution in [1.29, 1.82) is 0 Å². The van der Waals surface area contributed by atoms with Crippen LogP contribution >= 0.6 is 11.3 Å². The van der Waals surface area contributed by atoms with Crippen molar-refractivity contribution in [3.05, 3.63) is 29.3 Å². The number of aliphatic hydroxyl groups is 1. The Bertz CT molecular complexity index is 563. The summed E-state index contributed by atoms with van der Waals surface area (Å²) in [6, 6.07) is 8.02. The highest BCUT2D eigenvalue weighted by molar-refractivity contribution is 7.18. The maximum atomic E-state index is 12.0. The van der Waals surface area contributed by atoms with Crippen molar-refractivity contribution in [2.24, 2.45) is 0 Å². The van der Waals surface area contributed by atoms with E-state index in [1.807, 2.05) is 18.2 Å². The molecule has 0 unspecified atom stereocenters. The number of carbonyl (C=O) groups excluding carboxylic acids is 1. The number of para-hydroxylation sites is 1. The smallest absolute Gasteiger partial charge is 0.223 e. The van der Waals surface area contributed by atoms with Crippen molar-refractivity contribution in [3.8, 4) is 0 Å². The molecular formula is C14H16N2O2S. The molecule has 1 saturated heterocycles. The molecule has 4 nitrogen and oxygen atoms in total. The molecule has 2 heterocycles. The number of thiazole rings is 1. The molecule has 0 aliphatic carbocycles. The second-order valence-corrected chi connectivity index (χ2v) is 5.97. The normalized spacial score (nSPS) is 19.2. The Morgan fingerprint density at radius 2 is 2.32 bits per heavy atom. The third-order valence-electron chi connectivity index (χ3n) is 3.41. The van der Waals surface area contributed by atoms with E-state index >= 15 is 0 Å². The molecule has 1 aromatic carbocycles. The van der Waals surface area contributed by atoms with Gasteiger partial charge in [-0.2, -0.15) is 0 Å². The van der Waals surface area contributed by atoms with E-state index in [0.717, 1.165) is 10.5 Å². The zero-order valence-electron chi connectivity index (χ0n) is 10.6. The van der Waals surface area contributed by atoms with Crippen LogP contribution in [0.1, 0.15) is 17.8 Å². The van der Waals surface area contributed by atoms with Crippen molar-refractivity contribution in [2.75, 3.05) is 13.1 Å². The minimum atomic E-state index is -0.341. The topological polar surface area (TPSA) is 53.4 Å². The molecule has 1 aliphatic heterocycles. The Morgan fingerprint density at radius 3 is 3.05 bits per heavy atom. The molecule has 2 aromatic rings. The number of fused-ring (bicyclic) bond motifs is 1. The number of aromatic nitrogens is 1. The highest BCUT2D eigenvalue weighted by atomic mass is 32.1. The Morgan fingerprint density at radius 1 is 1.47 bits per heavy atom. The Hall–Kier alpha value is -1.46. The minimum Gasteiger partial charge on any atom is -0.391 e. The van der Waals surface area contributed by atoms with E-state index in [9.17, 15) is 9.90 Å². The van der Waals surface area contributed by atoms with Crippen LogP contribution in [-0.2, 0) is 11.2 Å². The van der Waals surface area contributed by atoms with E-state index < -0.39 is 0 Å². The molecule has 1 atom stereocenters. The van der Waals surface area contributed by atoms with E-state index in [4.69, 9.17) is 0 Å². The summed E-state index contributed by atoms with van der Waals surface area (Å²) >= 11 is 1.65. The number of rotatable bonds is 3. The average Bonchev–Trinajstić information content (AvgIpc) is 3.01. The zero-order valence-corrected chi connectivity index (χ0v) is 11.4.